The number of amides is 1. The molecule has 1 amide bonds. The number of carbonyl (C=O) groups is 1. The van der Waals surface area contributed by atoms with E-state index in [2.05, 4.69) is 21.8 Å². The molecule has 1 aliphatic rings. The van der Waals surface area contributed by atoms with Crippen LogP contribution in [0.5, 0.6) is 0 Å². The molecule has 1 aromatic rings. The molecule has 0 radical (unpaired) electrons. The lowest BCUT2D eigenvalue weighted by atomic mass is 9.97. The standard InChI is InChI=1S/C10H15N3O/c1-3-13-5-4-11-9(13)8-6-12-10(14)7(8)2/h4-5,7-8H,3,6H2,1-2H3,(H,12,14). The lowest BCUT2D eigenvalue weighted by Gasteiger charge is -2.13. The molecule has 0 bridgehead atoms. The highest BCUT2D eigenvalue weighted by molar-refractivity contribution is 5.81. The quantitative estimate of drug-likeness (QED) is 0.753. The number of aryl methyl sites for hydroxylation is 1. The first-order chi connectivity index (χ1) is 6.74. The molecule has 1 aliphatic heterocycles. The normalized spacial score (nSPS) is 26.6. The number of hydrogen-bond acceptors (Lipinski definition) is 2. The van der Waals surface area contributed by atoms with E-state index in [0.717, 1.165) is 18.9 Å². The van der Waals surface area contributed by atoms with Crippen LogP contribution in [-0.2, 0) is 11.3 Å². The number of rotatable bonds is 2. The smallest absolute Gasteiger partial charge is 0.223 e. The second-order valence-electron chi connectivity index (χ2n) is 3.71. The molecule has 2 atom stereocenters. The van der Waals surface area contributed by atoms with Gasteiger partial charge in [0.1, 0.15) is 5.82 Å². The van der Waals surface area contributed by atoms with Crippen LogP contribution in [0.15, 0.2) is 12.4 Å². The van der Waals surface area contributed by atoms with Gasteiger partial charge in [0.2, 0.25) is 5.91 Å². The van der Waals surface area contributed by atoms with Crippen LogP contribution in [-0.4, -0.2) is 22.0 Å². The van der Waals surface area contributed by atoms with Crippen LogP contribution in [0.1, 0.15) is 25.6 Å². The van der Waals surface area contributed by atoms with Gasteiger partial charge >= 0.3 is 0 Å². The Bertz CT molecular complexity index is 345. The van der Waals surface area contributed by atoms with Gasteiger partial charge in [-0.2, -0.15) is 0 Å². The van der Waals surface area contributed by atoms with Crippen LogP contribution in [0.3, 0.4) is 0 Å². The molecule has 1 N–H and O–H groups in total. The average molecular weight is 193 g/mol. The number of nitrogens with one attached hydrogen (secondary N) is 1. The Morgan fingerprint density at radius 3 is 3.07 bits per heavy atom. The molecule has 2 heterocycles. The monoisotopic (exact) mass is 193 g/mol. The summed E-state index contributed by atoms with van der Waals surface area (Å²) in [5.41, 5.74) is 0. The first kappa shape index (κ1) is 9.24. The SMILES string of the molecule is CCn1ccnc1C1CNC(=O)C1C. The predicted molar refractivity (Wildman–Crippen MR) is 52.8 cm³/mol. The van der Waals surface area contributed by atoms with Crippen molar-refractivity contribution in [3.05, 3.63) is 18.2 Å². The third-order valence-electron chi connectivity index (χ3n) is 2.93. The minimum Gasteiger partial charge on any atom is -0.355 e. The van der Waals surface area contributed by atoms with E-state index < -0.39 is 0 Å². The molecule has 4 nitrogen and oxygen atoms in total. The summed E-state index contributed by atoms with van der Waals surface area (Å²) in [5, 5.41) is 2.87. The Morgan fingerprint density at radius 1 is 1.71 bits per heavy atom. The zero-order chi connectivity index (χ0) is 10.1. The Balaban J connectivity index is 2.27. The van der Waals surface area contributed by atoms with Gasteiger partial charge in [-0.1, -0.05) is 6.92 Å². The predicted octanol–water partition coefficient (Wildman–Crippen LogP) is 0.752. The van der Waals surface area contributed by atoms with Crippen LogP contribution >= 0.6 is 0 Å². The molecular formula is C10H15N3O. The fraction of sp³-hybridized carbons (Fsp3) is 0.600. The Labute approximate surface area is 83.3 Å². The van der Waals surface area contributed by atoms with Crippen LogP contribution in [0, 0.1) is 5.92 Å². The largest absolute Gasteiger partial charge is 0.355 e. The van der Waals surface area contributed by atoms with Crippen LogP contribution < -0.4 is 5.32 Å². The van der Waals surface area contributed by atoms with Gasteiger partial charge in [-0.15, -0.1) is 0 Å². The molecule has 2 unspecified atom stereocenters. The van der Waals surface area contributed by atoms with Crippen molar-refractivity contribution in [1.29, 1.82) is 0 Å². The van der Waals surface area contributed by atoms with Gasteiger partial charge in [0.15, 0.2) is 0 Å². The topological polar surface area (TPSA) is 46.9 Å². The molecule has 2 rings (SSSR count). The van der Waals surface area contributed by atoms with Crippen LogP contribution in [0.2, 0.25) is 0 Å². The van der Waals surface area contributed by atoms with Gasteiger partial charge in [-0.25, -0.2) is 4.98 Å². The maximum Gasteiger partial charge on any atom is 0.223 e. The maximum atomic E-state index is 11.3. The van der Waals surface area contributed by atoms with Crippen molar-refractivity contribution >= 4 is 5.91 Å². The molecule has 4 heteroatoms. The van der Waals surface area contributed by atoms with Crippen molar-refractivity contribution in [1.82, 2.24) is 14.9 Å². The molecule has 1 fully saturated rings. The molecule has 76 valence electrons. The van der Waals surface area contributed by atoms with Gasteiger partial charge in [-0.05, 0) is 6.92 Å². The van der Waals surface area contributed by atoms with E-state index >= 15 is 0 Å². The van der Waals surface area contributed by atoms with Crippen molar-refractivity contribution in [2.45, 2.75) is 26.3 Å². The minimum atomic E-state index is 0.0442. The number of nitrogens with zero attached hydrogens (tertiary/aromatic N) is 2. The molecule has 14 heavy (non-hydrogen) atoms. The van der Waals surface area contributed by atoms with Crippen molar-refractivity contribution in [3.8, 4) is 0 Å². The van der Waals surface area contributed by atoms with E-state index in [1.54, 1.807) is 6.20 Å². The summed E-state index contributed by atoms with van der Waals surface area (Å²) in [6.07, 6.45) is 3.76. The highest BCUT2D eigenvalue weighted by Crippen LogP contribution is 2.27. The fourth-order valence-corrected chi connectivity index (χ4v) is 1.96. The zero-order valence-corrected chi connectivity index (χ0v) is 8.53. The summed E-state index contributed by atoms with van der Waals surface area (Å²) >= 11 is 0. The number of carbonyl (C=O) groups excluding carboxylic acids is 1. The van der Waals surface area contributed by atoms with Crippen molar-refractivity contribution in [2.75, 3.05) is 6.54 Å². The van der Waals surface area contributed by atoms with Gasteiger partial charge in [0.05, 0.1) is 0 Å². The first-order valence-electron chi connectivity index (χ1n) is 5.02. The summed E-state index contributed by atoms with van der Waals surface area (Å²) < 4.78 is 2.10. The lowest BCUT2D eigenvalue weighted by Crippen LogP contribution is -2.17. The first-order valence-corrected chi connectivity index (χ1v) is 5.02. The Kier molecular flexibility index (Phi) is 2.27. The van der Waals surface area contributed by atoms with Crippen LogP contribution in [0.4, 0.5) is 0 Å². The molecule has 0 aromatic carbocycles. The molecule has 0 spiro atoms. The fourth-order valence-electron chi connectivity index (χ4n) is 1.96. The zero-order valence-electron chi connectivity index (χ0n) is 8.53. The second kappa shape index (κ2) is 3.44. The van der Waals surface area contributed by atoms with E-state index in [9.17, 15) is 4.79 Å². The Morgan fingerprint density at radius 2 is 2.50 bits per heavy atom. The van der Waals surface area contributed by atoms with Crippen LogP contribution in [0.25, 0.3) is 0 Å². The van der Waals surface area contributed by atoms with Gasteiger partial charge < -0.3 is 9.88 Å². The molecule has 0 saturated carbocycles. The van der Waals surface area contributed by atoms with Gasteiger partial charge in [-0.3, -0.25) is 4.79 Å². The molecular weight excluding hydrogens is 178 g/mol. The van der Waals surface area contributed by atoms with Crippen molar-refractivity contribution in [2.24, 2.45) is 5.92 Å². The average Bonchev–Trinajstić information content (AvgIpc) is 2.75. The number of hydrogen-bond donors (Lipinski definition) is 1. The summed E-state index contributed by atoms with van der Waals surface area (Å²) in [4.78, 5) is 15.7. The summed E-state index contributed by atoms with van der Waals surface area (Å²) in [6.45, 7) is 5.67. The highest BCUT2D eigenvalue weighted by Gasteiger charge is 2.34. The third-order valence-corrected chi connectivity index (χ3v) is 2.93. The minimum absolute atomic E-state index is 0.0442. The summed E-state index contributed by atoms with van der Waals surface area (Å²) in [5.74, 6) is 1.44. The highest BCUT2D eigenvalue weighted by atomic mass is 16.2. The molecule has 0 aliphatic carbocycles. The number of imidazole rings is 1. The molecule has 1 saturated heterocycles. The summed E-state index contributed by atoms with van der Waals surface area (Å²) in [6, 6.07) is 0. The molecule has 1 aromatic heterocycles. The van der Waals surface area contributed by atoms with E-state index in [0.29, 0.717) is 0 Å². The van der Waals surface area contributed by atoms with Gasteiger partial charge in [0.25, 0.3) is 0 Å². The van der Waals surface area contributed by atoms with E-state index in [1.807, 2.05) is 13.1 Å². The van der Waals surface area contributed by atoms with Gasteiger partial charge in [0, 0.05) is 37.3 Å². The van der Waals surface area contributed by atoms with Crippen molar-refractivity contribution < 1.29 is 4.79 Å². The van der Waals surface area contributed by atoms with Crippen molar-refractivity contribution in [3.63, 3.8) is 0 Å². The van der Waals surface area contributed by atoms with E-state index in [1.165, 1.54) is 0 Å². The third kappa shape index (κ3) is 1.31. The number of aromatic nitrogens is 2. The maximum absolute atomic E-state index is 11.3. The summed E-state index contributed by atoms with van der Waals surface area (Å²) in [7, 11) is 0. The lowest BCUT2D eigenvalue weighted by molar-refractivity contribution is -0.122. The van der Waals surface area contributed by atoms with E-state index in [-0.39, 0.29) is 17.7 Å². The Hall–Kier alpha value is -1.32. The van der Waals surface area contributed by atoms with E-state index in [4.69, 9.17) is 0 Å². The second-order valence-corrected chi connectivity index (χ2v) is 3.71.